The van der Waals surface area contributed by atoms with Gasteiger partial charge in [-0.05, 0) is 31.9 Å². The van der Waals surface area contributed by atoms with Crippen molar-refractivity contribution >= 4 is 17.8 Å². The van der Waals surface area contributed by atoms with E-state index in [1.54, 1.807) is 13.0 Å². The topological polar surface area (TPSA) is 110 Å². The number of carbonyl (C=O) groups is 2. The van der Waals surface area contributed by atoms with Gasteiger partial charge in [0.1, 0.15) is 17.1 Å². The van der Waals surface area contributed by atoms with Crippen molar-refractivity contribution in [2.24, 2.45) is 5.92 Å². The third kappa shape index (κ3) is 3.07. The standard InChI is InChI=1S/C17H18FN3O4/c1-9-8-10(17(23)24)6-7-21(9)16(22)13-14(20-25-15(13)19)11-4-2-3-5-12(11)18/h2-5,9-10H,6-8,19H2,1H3,(H,23,24). The number of aromatic nitrogens is 1. The number of carboxylic acid groups (broad SMARTS) is 1. The molecule has 2 heterocycles. The number of hydrogen-bond donors (Lipinski definition) is 2. The molecule has 2 atom stereocenters. The molecule has 1 aliphatic heterocycles. The average molecular weight is 347 g/mol. The number of anilines is 1. The number of carboxylic acids is 1. The molecule has 1 aliphatic rings. The molecule has 25 heavy (non-hydrogen) atoms. The lowest BCUT2D eigenvalue weighted by atomic mass is 9.91. The van der Waals surface area contributed by atoms with Gasteiger partial charge in [0.15, 0.2) is 0 Å². The van der Waals surface area contributed by atoms with Crippen molar-refractivity contribution in [2.45, 2.75) is 25.8 Å². The quantitative estimate of drug-likeness (QED) is 0.882. The van der Waals surface area contributed by atoms with Crippen molar-refractivity contribution in [1.29, 1.82) is 0 Å². The second-order valence-electron chi connectivity index (χ2n) is 6.16. The van der Waals surface area contributed by atoms with E-state index in [-0.39, 0.29) is 35.3 Å². The van der Waals surface area contributed by atoms with Crippen LogP contribution in [0.5, 0.6) is 0 Å². The fourth-order valence-corrected chi connectivity index (χ4v) is 3.19. The van der Waals surface area contributed by atoms with E-state index in [4.69, 9.17) is 15.4 Å². The molecule has 1 saturated heterocycles. The molecule has 2 unspecified atom stereocenters. The Kier molecular flexibility index (Phi) is 4.43. The van der Waals surface area contributed by atoms with Crippen molar-refractivity contribution in [3.05, 3.63) is 35.6 Å². The second-order valence-corrected chi connectivity index (χ2v) is 6.16. The van der Waals surface area contributed by atoms with Gasteiger partial charge in [0.25, 0.3) is 5.91 Å². The van der Waals surface area contributed by atoms with Gasteiger partial charge in [0.05, 0.1) is 5.92 Å². The number of likely N-dealkylation sites (tertiary alicyclic amines) is 1. The Morgan fingerprint density at radius 2 is 2.12 bits per heavy atom. The van der Waals surface area contributed by atoms with E-state index in [0.717, 1.165) is 0 Å². The zero-order valence-corrected chi connectivity index (χ0v) is 13.6. The third-order valence-corrected chi connectivity index (χ3v) is 4.55. The first kappa shape index (κ1) is 16.9. The number of aliphatic carboxylic acids is 1. The minimum absolute atomic E-state index is 0.00530. The predicted octanol–water partition coefficient (Wildman–Crippen LogP) is 2.39. The van der Waals surface area contributed by atoms with Crippen LogP contribution in [0.15, 0.2) is 28.8 Å². The lowest BCUT2D eigenvalue weighted by molar-refractivity contribution is -0.143. The van der Waals surface area contributed by atoms with E-state index in [9.17, 15) is 14.0 Å². The summed E-state index contributed by atoms with van der Waals surface area (Å²) in [6.45, 7) is 2.05. The van der Waals surface area contributed by atoms with Crippen molar-refractivity contribution in [3.8, 4) is 11.3 Å². The summed E-state index contributed by atoms with van der Waals surface area (Å²) in [5.41, 5.74) is 5.94. The van der Waals surface area contributed by atoms with Gasteiger partial charge in [0.2, 0.25) is 5.88 Å². The summed E-state index contributed by atoms with van der Waals surface area (Å²) >= 11 is 0. The number of piperidine rings is 1. The number of rotatable bonds is 3. The van der Waals surface area contributed by atoms with Crippen molar-refractivity contribution < 1.29 is 23.6 Å². The monoisotopic (exact) mass is 347 g/mol. The Morgan fingerprint density at radius 1 is 1.40 bits per heavy atom. The molecule has 8 heteroatoms. The van der Waals surface area contributed by atoms with Gasteiger partial charge in [-0.25, -0.2) is 4.39 Å². The summed E-state index contributed by atoms with van der Waals surface area (Å²) in [6, 6.07) is 5.62. The van der Waals surface area contributed by atoms with Crippen LogP contribution in [0.3, 0.4) is 0 Å². The molecule has 0 saturated carbocycles. The van der Waals surface area contributed by atoms with E-state index < -0.39 is 23.6 Å². The second kappa shape index (κ2) is 6.54. The summed E-state index contributed by atoms with van der Waals surface area (Å²) in [5, 5.41) is 12.9. The Balaban J connectivity index is 1.93. The van der Waals surface area contributed by atoms with E-state index in [0.29, 0.717) is 12.8 Å². The summed E-state index contributed by atoms with van der Waals surface area (Å²) in [4.78, 5) is 25.6. The van der Waals surface area contributed by atoms with Crippen molar-refractivity contribution in [2.75, 3.05) is 12.3 Å². The molecule has 3 rings (SSSR count). The number of carbonyl (C=O) groups excluding carboxylic acids is 1. The van der Waals surface area contributed by atoms with Gasteiger partial charge in [-0.15, -0.1) is 0 Å². The van der Waals surface area contributed by atoms with Crippen LogP contribution in [-0.2, 0) is 4.79 Å². The fraction of sp³-hybridized carbons (Fsp3) is 0.353. The summed E-state index contributed by atoms with van der Waals surface area (Å²) in [5.74, 6) is -2.51. The number of benzene rings is 1. The molecular weight excluding hydrogens is 329 g/mol. The van der Waals surface area contributed by atoms with Crippen LogP contribution >= 0.6 is 0 Å². The lowest BCUT2D eigenvalue weighted by Gasteiger charge is -2.36. The third-order valence-electron chi connectivity index (χ3n) is 4.55. The zero-order valence-electron chi connectivity index (χ0n) is 13.6. The van der Waals surface area contributed by atoms with Crippen LogP contribution in [0, 0.1) is 11.7 Å². The molecule has 0 spiro atoms. The normalized spacial score (nSPS) is 20.5. The summed E-state index contributed by atoms with van der Waals surface area (Å²) < 4.78 is 19.0. The molecule has 1 amide bonds. The highest BCUT2D eigenvalue weighted by Gasteiger charge is 2.35. The van der Waals surface area contributed by atoms with Gasteiger partial charge in [-0.1, -0.05) is 17.3 Å². The molecule has 0 bridgehead atoms. The van der Waals surface area contributed by atoms with Gasteiger partial charge >= 0.3 is 5.97 Å². The van der Waals surface area contributed by atoms with E-state index in [2.05, 4.69) is 5.16 Å². The zero-order chi connectivity index (χ0) is 18.1. The molecule has 3 N–H and O–H groups in total. The molecular formula is C17H18FN3O4. The largest absolute Gasteiger partial charge is 0.481 e. The number of amides is 1. The maximum atomic E-state index is 14.1. The van der Waals surface area contributed by atoms with Gasteiger partial charge in [-0.2, -0.15) is 0 Å². The molecule has 0 aliphatic carbocycles. The van der Waals surface area contributed by atoms with E-state index in [1.165, 1.54) is 23.1 Å². The highest BCUT2D eigenvalue weighted by atomic mass is 19.1. The Hall–Kier alpha value is -2.90. The smallest absolute Gasteiger partial charge is 0.306 e. The number of nitrogens with two attached hydrogens (primary N) is 1. The number of halogens is 1. The van der Waals surface area contributed by atoms with E-state index in [1.807, 2.05) is 0 Å². The molecule has 1 fully saturated rings. The van der Waals surface area contributed by atoms with Gasteiger partial charge in [-0.3, -0.25) is 9.59 Å². The summed E-state index contributed by atoms with van der Waals surface area (Å²) in [6.07, 6.45) is 0.701. The Labute approximate surface area is 143 Å². The molecule has 1 aromatic heterocycles. The van der Waals surface area contributed by atoms with E-state index >= 15 is 0 Å². The Bertz CT molecular complexity index is 820. The maximum absolute atomic E-state index is 14.1. The first-order valence-electron chi connectivity index (χ1n) is 7.94. The minimum atomic E-state index is -0.865. The molecule has 0 radical (unpaired) electrons. The van der Waals surface area contributed by atoms with Crippen LogP contribution in [0.2, 0.25) is 0 Å². The highest BCUT2D eigenvalue weighted by molar-refractivity contribution is 6.03. The summed E-state index contributed by atoms with van der Waals surface area (Å²) in [7, 11) is 0. The molecule has 7 nitrogen and oxygen atoms in total. The number of nitrogens with zero attached hydrogens (tertiary/aromatic N) is 2. The van der Waals surface area contributed by atoms with Crippen LogP contribution in [0.1, 0.15) is 30.1 Å². The number of hydrogen-bond acceptors (Lipinski definition) is 5. The molecule has 1 aromatic carbocycles. The van der Waals surface area contributed by atoms with Crippen LogP contribution in [0.25, 0.3) is 11.3 Å². The predicted molar refractivity (Wildman–Crippen MR) is 87.2 cm³/mol. The molecule has 132 valence electrons. The SMILES string of the molecule is CC1CC(C(=O)O)CCN1C(=O)c1c(-c2ccccc2F)noc1N. The van der Waals surface area contributed by atoms with Crippen LogP contribution < -0.4 is 5.73 Å². The lowest BCUT2D eigenvalue weighted by Crippen LogP contribution is -2.46. The average Bonchev–Trinajstić information content (AvgIpc) is 2.96. The van der Waals surface area contributed by atoms with Gasteiger partial charge < -0.3 is 20.3 Å². The van der Waals surface area contributed by atoms with Crippen LogP contribution in [0.4, 0.5) is 10.3 Å². The molecule has 2 aromatic rings. The minimum Gasteiger partial charge on any atom is -0.481 e. The maximum Gasteiger partial charge on any atom is 0.306 e. The number of nitrogen functional groups attached to an aromatic ring is 1. The fourth-order valence-electron chi connectivity index (χ4n) is 3.19. The Morgan fingerprint density at radius 3 is 2.76 bits per heavy atom. The van der Waals surface area contributed by atoms with Gasteiger partial charge in [0, 0.05) is 18.2 Å². The van der Waals surface area contributed by atoms with Crippen LogP contribution in [-0.4, -0.2) is 39.6 Å². The van der Waals surface area contributed by atoms with Crippen molar-refractivity contribution in [1.82, 2.24) is 10.1 Å². The first-order chi connectivity index (χ1) is 11.9. The highest BCUT2D eigenvalue weighted by Crippen LogP contribution is 2.32. The van der Waals surface area contributed by atoms with Crippen molar-refractivity contribution in [3.63, 3.8) is 0 Å². The first-order valence-corrected chi connectivity index (χ1v) is 7.94.